The number of aliphatic hydroxyl groups is 1. The molecule has 0 fully saturated rings. The Kier molecular flexibility index (Phi) is 3.29. The average molecular weight is 184 g/mol. The van der Waals surface area contributed by atoms with E-state index in [1.165, 1.54) is 15.3 Å². The summed E-state index contributed by atoms with van der Waals surface area (Å²) in [5, 5.41) is 9.11. The molecular formula is C10H16OS. The number of aliphatic hydroxyl groups excluding tert-OH is 1. The lowest BCUT2D eigenvalue weighted by molar-refractivity contribution is 0.185. The zero-order valence-corrected chi connectivity index (χ0v) is 8.74. The van der Waals surface area contributed by atoms with Crippen LogP contribution in [0.2, 0.25) is 0 Å². The molecule has 1 rings (SSSR count). The molecule has 0 spiro atoms. The van der Waals surface area contributed by atoms with Gasteiger partial charge in [0.1, 0.15) is 0 Å². The minimum absolute atomic E-state index is 0.176. The minimum atomic E-state index is -0.176. The van der Waals surface area contributed by atoms with Gasteiger partial charge in [-0.15, -0.1) is 11.3 Å². The van der Waals surface area contributed by atoms with E-state index < -0.39 is 0 Å². The van der Waals surface area contributed by atoms with Gasteiger partial charge in [-0.1, -0.05) is 0 Å². The Morgan fingerprint density at radius 2 is 2.17 bits per heavy atom. The molecule has 1 atom stereocenters. The minimum Gasteiger partial charge on any atom is -0.393 e. The number of rotatable bonds is 3. The topological polar surface area (TPSA) is 20.2 Å². The first-order valence-electron chi connectivity index (χ1n) is 4.33. The average Bonchev–Trinajstić information content (AvgIpc) is 2.26. The van der Waals surface area contributed by atoms with Crippen molar-refractivity contribution >= 4 is 11.3 Å². The standard InChI is InChI=1S/C10H16OS/c1-7(11)4-5-10-6-8(2)12-9(10)3/h6-7,11H,4-5H2,1-3H3/t7-/m0/s1. The van der Waals surface area contributed by atoms with Crippen LogP contribution in [0.15, 0.2) is 6.07 Å². The van der Waals surface area contributed by atoms with Crippen molar-refractivity contribution in [1.82, 2.24) is 0 Å². The summed E-state index contributed by atoms with van der Waals surface area (Å²) in [6, 6.07) is 2.22. The van der Waals surface area contributed by atoms with Gasteiger partial charge in [-0.2, -0.15) is 0 Å². The molecule has 1 N–H and O–H groups in total. The second-order valence-electron chi connectivity index (χ2n) is 3.33. The number of aryl methyl sites for hydroxylation is 3. The quantitative estimate of drug-likeness (QED) is 0.765. The van der Waals surface area contributed by atoms with E-state index in [0.717, 1.165) is 12.8 Å². The Labute approximate surface area is 78.1 Å². The van der Waals surface area contributed by atoms with Crippen LogP contribution in [-0.4, -0.2) is 11.2 Å². The highest BCUT2D eigenvalue weighted by Gasteiger charge is 2.03. The van der Waals surface area contributed by atoms with Crippen LogP contribution in [0.3, 0.4) is 0 Å². The normalized spacial score (nSPS) is 13.3. The first-order valence-corrected chi connectivity index (χ1v) is 5.15. The summed E-state index contributed by atoms with van der Waals surface area (Å²) >= 11 is 1.84. The molecule has 68 valence electrons. The number of hydrogen-bond donors (Lipinski definition) is 1. The van der Waals surface area contributed by atoms with E-state index in [-0.39, 0.29) is 6.10 Å². The van der Waals surface area contributed by atoms with Crippen LogP contribution in [0.25, 0.3) is 0 Å². The van der Waals surface area contributed by atoms with Crippen LogP contribution in [0.5, 0.6) is 0 Å². The van der Waals surface area contributed by atoms with Gasteiger partial charge in [-0.3, -0.25) is 0 Å². The highest BCUT2D eigenvalue weighted by atomic mass is 32.1. The third-order valence-corrected chi connectivity index (χ3v) is 2.98. The van der Waals surface area contributed by atoms with Crippen molar-refractivity contribution in [3.05, 3.63) is 21.4 Å². The molecule has 2 heteroatoms. The molecule has 12 heavy (non-hydrogen) atoms. The van der Waals surface area contributed by atoms with E-state index in [2.05, 4.69) is 19.9 Å². The van der Waals surface area contributed by atoms with Crippen LogP contribution in [-0.2, 0) is 6.42 Å². The smallest absolute Gasteiger partial charge is 0.0515 e. The molecular weight excluding hydrogens is 168 g/mol. The molecule has 0 saturated carbocycles. The summed E-state index contributed by atoms with van der Waals surface area (Å²) in [5.41, 5.74) is 1.40. The van der Waals surface area contributed by atoms with Crippen LogP contribution < -0.4 is 0 Å². The Bertz CT molecular complexity index is 250. The summed E-state index contributed by atoms with van der Waals surface area (Å²) in [7, 11) is 0. The molecule has 0 amide bonds. The van der Waals surface area contributed by atoms with Gasteiger partial charge in [0.05, 0.1) is 6.10 Å². The zero-order chi connectivity index (χ0) is 9.14. The first kappa shape index (κ1) is 9.75. The highest BCUT2D eigenvalue weighted by Crippen LogP contribution is 2.21. The lowest BCUT2D eigenvalue weighted by Gasteiger charge is -2.02. The van der Waals surface area contributed by atoms with E-state index in [1.54, 1.807) is 0 Å². The molecule has 0 saturated heterocycles. The Morgan fingerprint density at radius 1 is 1.50 bits per heavy atom. The third-order valence-electron chi connectivity index (χ3n) is 1.98. The van der Waals surface area contributed by atoms with E-state index in [9.17, 15) is 0 Å². The monoisotopic (exact) mass is 184 g/mol. The fourth-order valence-electron chi connectivity index (χ4n) is 1.30. The second-order valence-corrected chi connectivity index (χ2v) is 4.79. The molecule has 0 aliphatic rings. The van der Waals surface area contributed by atoms with Crippen LogP contribution in [0, 0.1) is 13.8 Å². The summed E-state index contributed by atoms with van der Waals surface area (Å²) < 4.78 is 0. The SMILES string of the molecule is Cc1cc(CC[C@H](C)O)c(C)s1. The molecule has 1 aromatic rings. The van der Waals surface area contributed by atoms with E-state index in [4.69, 9.17) is 5.11 Å². The maximum atomic E-state index is 9.11. The summed E-state index contributed by atoms with van der Waals surface area (Å²) in [6.07, 6.45) is 1.70. The van der Waals surface area contributed by atoms with Crippen LogP contribution >= 0.6 is 11.3 Å². The van der Waals surface area contributed by atoms with Gasteiger partial charge in [0.15, 0.2) is 0 Å². The summed E-state index contributed by atoms with van der Waals surface area (Å²) in [4.78, 5) is 2.77. The van der Waals surface area contributed by atoms with Gasteiger partial charge in [0.25, 0.3) is 0 Å². The van der Waals surface area contributed by atoms with Gasteiger partial charge in [-0.05, 0) is 45.2 Å². The third kappa shape index (κ3) is 2.61. The molecule has 0 aromatic carbocycles. The van der Waals surface area contributed by atoms with Crippen molar-refractivity contribution in [2.75, 3.05) is 0 Å². The summed E-state index contributed by atoms with van der Waals surface area (Å²) in [5.74, 6) is 0. The van der Waals surface area contributed by atoms with Crippen LogP contribution in [0.1, 0.15) is 28.7 Å². The van der Waals surface area contributed by atoms with E-state index in [0.29, 0.717) is 0 Å². The summed E-state index contributed by atoms with van der Waals surface area (Å²) in [6.45, 7) is 6.12. The Morgan fingerprint density at radius 3 is 2.58 bits per heavy atom. The molecule has 1 nitrogen and oxygen atoms in total. The highest BCUT2D eigenvalue weighted by molar-refractivity contribution is 7.12. The van der Waals surface area contributed by atoms with E-state index in [1.807, 2.05) is 18.3 Å². The van der Waals surface area contributed by atoms with Crippen LogP contribution in [0.4, 0.5) is 0 Å². The predicted molar refractivity (Wildman–Crippen MR) is 53.8 cm³/mol. The molecule has 1 aromatic heterocycles. The number of thiophene rings is 1. The molecule has 0 aliphatic heterocycles. The maximum Gasteiger partial charge on any atom is 0.0515 e. The van der Waals surface area contributed by atoms with Crippen molar-refractivity contribution in [3.8, 4) is 0 Å². The van der Waals surface area contributed by atoms with Crippen molar-refractivity contribution < 1.29 is 5.11 Å². The van der Waals surface area contributed by atoms with Crippen molar-refractivity contribution in [2.45, 2.75) is 39.7 Å². The Balaban J connectivity index is 2.57. The molecule has 0 aliphatic carbocycles. The van der Waals surface area contributed by atoms with Gasteiger partial charge in [-0.25, -0.2) is 0 Å². The Hall–Kier alpha value is -0.340. The lowest BCUT2D eigenvalue weighted by Crippen LogP contribution is -2.01. The zero-order valence-electron chi connectivity index (χ0n) is 7.92. The van der Waals surface area contributed by atoms with Crippen molar-refractivity contribution in [3.63, 3.8) is 0 Å². The fourth-order valence-corrected chi connectivity index (χ4v) is 2.27. The second kappa shape index (κ2) is 4.06. The van der Waals surface area contributed by atoms with Gasteiger partial charge in [0, 0.05) is 9.75 Å². The molecule has 0 radical (unpaired) electrons. The molecule has 0 unspecified atom stereocenters. The number of hydrogen-bond acceptors (Lipinski definition) is 2. The lowest BCUT2D eigenvalue weighted by atomic mass is 10.1. The van der Waals surface area contributed by atoms with Gasteiger partial charge < -0.3 is 5.11 Å². The largest absolute Gasteiger partial charge is 0.393 e. The van der Waals surface area contributed by atoms with Crippen molar-refractivity contribution in [1.29, 1.82) is 0 Å². The predicted octanol–water partition coefficient (Wildman–Crippen LogP) is 2.68. The molecule has 1 heterocycles. The maximum absolute atomic E-state index is 9.11. The fraction of sp³-hybridized carbons (Fsp3) is 0.600. The molecule has 0 bridgehead atoms. The van der Waals surface area contributed by atoms with Gasteiger partial charge >= 0.3 is 0 Å². The van der Waals surface area contributed by atoms with E-state index >= 15 is 0 Å². The first-order chi connectivity index (χ1) is 5.59. The van der Waals surface area contributed by atoms with Gasteiger partial charge in [0.2, 0.25) is 0 Å². The van der Waals surface area contributed by atoms with Crippen molar-refractivity contribution in [2.24, 2.45) is 0 Å².